The number of ether oxygens (including phenoxy) is 2. The maximum atomic E-state index is 12.8. The van der Waals surface area contributed by atoms with Gasteiger partial charge in [0.25, 0.3) is 5.88 Å². The number of nitrogens with zero attached hydrogens (tertiary/aromatic N) is 1. The van der Waals surface area contributed by atoms with Gasteiger partial charge in [-0.05, 0) is 55.8 Å². The van der Waals surface area contributed by atoms with Crippen LogP contribution in [0.4, 0.5) is 13.2 Å². The van der Waals surface area contributed by atoms with Crippen LogP contribution in [0.5, 0.6) is 11.6 Å². The van der Waals surface area contributed by atoms with Gasteiger partial charge in [-0.15, -0.1) is 9.78 Å². The van der Waals surface area contributed by atoms with Crippen LogP contribution in [0, 0.1) is 0 Å². The summed E-state index contributed by atoms with van der Waals surface area (Å²) in [5.74, 6) is 0.583. The zero-order chi connectivity index (χ0) is 24.6. The van der Waals surface area contributed by atoms with Crippen molar-refractivity contribution in [2.75, 3.05) is 19.0 Å². The highest BCUT2D eigenvalue weighted by Gasteiger charge is 2.43. The third-order valence-corrected chi connectivity index (χ3v) is 7.13. The average molecular weight is 497 g/mol. The lowest BCUT2D eigenvalue weighted by molar-refractivity contribution is -0.737. The number of benzene rings is 2. The van der Waals surface area contributed by atoms with Crippen LogP contribution in [0.15, 0.2) is 54.6 Å². The van der Waals surface area contributed by atoms with E-state index in [0.717, 1.165) is 29.0 Å². The van der Waals surface area contributed by atoms with Gasteiger partial charge in [-0.3, -0.25) is 0 Å². The minimum Gasteiger partial charge on any atom is -0.436 e. The Kier molecular flexibility index (Phi) is 6.45. The maximum absolute atomic E-state index is 12.8. The molecule has 0 unspecified atom stereocenters. The van der Waals surface area contributed by atoms with Gasteiger partial charge in [0.15, 0.2) is 6.54 Å². The Morgan fingerprint density at radius 1 is 1.12 bits per heavy atom. The lowest BCUT2D eigenvalue weighted by Gasteiger charge is -2.42. The molecule has 0 amide bonds. The highest BCUT2D eigenvalue weighted by atomic mass is 32.2. The molecule has 0 bridgehead atoms. The molecule has 3 aromatic rings. The van der Waals surface area contributed by atoms with Crippen molar-refractivity contribution in [3.63, 3.8) is 0 Å². The molecule has 1 aliphatic heterocycles. The number of hydrogen-bond donors (Lipinski definition) is 2. The van der Waals surface area contributed by atoms with Crippen molar-refractivity contribution >= 4 is 10.0 Å². The van der Waals surface area contributed by atoms with Crippen LogP contribution in [0.3, 0.4) is 0 Å². The Morgan fingerprint density at radius 3 is 2.38 bits per heavy atom. The summed E-state index contributed by atoms with van der Waals surface area (Å²) in [5.41, 5.74) is 0.805. The molecule has 7 nitrogen and oxygen atoms in total. The zero-order valence-electron chi connectivity index (χ0n) is 18.6. The fourth-order valence-corrected chi connectivity index (χ4v) is 4.72. The lowest BCUT2D eigenvalue weighted by Crippen LogP contribution is -2.59. The molecular formula is C23H25F3N3O4S+. The number of nitrogens with one attached hydrogen (secondary N) is 2. The molecule has 1 saturated heterocycles. The van der Waals surface area contributed by atoms with Crippen LogP contribution in [0.25, 0.3) is 11.3 Å². The van der Waals surface area contributed by atoms with E-state index in [1.165, 1.54) is 12.1 Å². The Bertz CT molecular complexity index is 1270. The molecule has 2 heterocycles. The van der Waals surface area contributed by atoms with E-state index in [1.807, 2.05) is 35.9 Å². The van der Waals surface area contributed by atoms with E-state index in [0.29, 0.717) is 12.4 Å². The van der Waals surface area contributed by atoms with Crippen molar-refractivity contribution in [3.05, 3.63) is 65.7 Å². The van der Waals surface area contributed by atoms with Crippen molar-refractivity contribution in [1.29, 1.82) is 0 Å². The summed E-state index contributed by atoms with van der Waals surface area (Å²) in [7, 11) is -3.45. The first-order valence-electron chi connectivity index (χ1n) is 10.7. The summed E-state index contributed by atoms with van der Waals surface area (Å²) in [6.45, 7) is 4.56. The summed E-state index contributed by atoms with van der Waals surface area (Å²) in [5, 5.41) is 3.09. The number of hydrogen-bond acceptors (Lipinski definition) is 4. The van der Waals surface area contributed by atoms with E-state index in [9.17, 15) is 21.6 Å². The molecule has 0 saturated carbocycles. The number of sulfonamides is 1. The molecule has 1 aromatic heterocycles. The third-order valence-electron chi connectivity index (χ3n) is 5.67. The van der Waals surface area contributed by atoms with Gasteiger partial charge in [-0.2, -0.15) is 17.9 Å². The average Bonchev–Trinajstić information content (AvgIpc) is 3.19. The van der Waals surface area contributed by atoms with E-state index in [2.05, 4.69) is 9.82 Å². The summed E-state index contributed by atoms with van der Waals surface area (Å²) < 4.78 is 78.5. The SMILES string of the molecule is CC[n+]1[nH]c(Oc2ccc(C(F)(F)F)cc2)cc1-c1cccc(C2(NS(=O)(=O)CC)COC2)c1. The highest BCUT2D eigenvalue weighted by molar-refractivity contribution is 7.89. The molecule has 2 N–H and O–H groups in total. The van der Waals surface area contributed by atoms with E-state index >= 15 is 0 Å². The Balaban J connectivity index is 1.62. The minimum atomic E-state index is -4.41. The Morgan fingerprint density at radius 2 is 1.82 bits per heavy atom. The monoisotopic (exact) mass is 496 g/mol. The first-order valence-corrected chi connectivity index (χ1v) is 12.4. The molecule has 2 aromatic carbocycles. The van der Waals surface area contributed by atoms with E-state index in [1.54, 1.807) is 13.0 Å². The smallest absolute Gasteiger partial charge is 0.416 e. The fraction of sp³-hybridized carbons (Fsp3) is 0.348. The van der Waals surface area contributed by atoms with Crippen LogP contribution < -0.4 is 14.1 Å². The lowest BCUT2D eigenvalue weighted by atomic mass is 9.88. The van der Waals surface area contributed by atoms with Crippen LogP contribution in [-0.2, 0) is 33.0 Å². The molecule has 4 rings (SSSR count). The molecule has 1 aliphatic rings. The maximum Gasteiger partial charge on any atom is 0.416 e. The van der Waals surface area contributed by atoms with Crippen molar-refractivity contribution in [3.8, 4) is 22.9 Å². The standard InChI is InChI=1S/C23H24F3N3O4S/c1-3-29-20(13-21(27-29)33-19-10-8-17(9-11-19)23(24,25)26)16-6-5-7-18(12-16)22(14-32-15-22)28-34(30,31)4-2/h5-13,28H,3-4,14-15H2,1-2H3/p+1. The summed E-state index contributed by atoms with van der Waals surface area (Å²) >= 11 is 0. The third kappa shape index (κ3) is 4.96. The van der Waals surface area contributed by atoms with Gasteiger partial charge in [0.05, 0.1) is 30.6 Å². The van der Waals surface area contributed by atoms with Crippen LogP contribution in [0.1, 0.15) is 25.0 Å². The second-order valence-corrected chi connectivity index (χ2v) is 10.0. The molecule has 182 valence electrons. The van der Waals surface area contributed by atoms with Gasteiger partial charge >= 0.3 is 6.18 Å². The number of halogens is 3. The number of alkyl halides is 3. The van der Waals surface area contributed by atoms with Gasteiger partial charge in [0.1, 0.15) is 11.3 Å². The Labute approximate surface area is 195 Å². The number of H-pyrrole nitrogens is 1. The predicted octanol–water partition coefficient (Wildman–Crippen LogP) is 3.97. The van der Waals surface area contributed by atoms with Gasteiger partial charge in [0.2, 0.25) is 15.7 Å². The van der Waals surface area contributed by atoms with E-state index < -0.39 is 27.3 Å². The number of aromatic amines is 1. The molecule has 0 spiro atoms. The number of aryl methyl sites for hydroxylation is 1. The summed E-state index contributed by atoms with van der Waals surface area (Å²) in [6, 6.07) is 13.7. The molecule has 11 heteroatoms. The molecule has 0 atom stereocenters. The van der Waals surface area contributed by atoms with E-state index in [4.69, 9.17) is 9.47 Å². The summed E-state index contributed by atoms with van der Waals surface area (Å²) in [4.78, 5) is 0. The van der Waals surface area contributed by atoms with Gasteiger partial charge in [0, 0.05) is 5.56 Å². The minimum absolute atomic E-state index is 0.0350. The van der Waals surface area contributed by atoms with Gasteiger partial charge in [-0.1, -0.05) is 12.1 Å². The number of aromatic nitrogens is 2. The second kappa shape index (κ2) is 9.05. The predicted molar refractivity (Wildman–Crippen MR) is 119 cm³/mol. The van der Waals surface area contributed by atoms with Gasteiger partial charge < -0.3 is 9.47 Å². The van der Waals surface area contributed by atoms with Gasteiger partial charge in [-0.25, -0.2) is 8.42 Å². The molecular weight excluding hydrogens is 471 g/mol. The zero-order valence-corrected chi connectivity index (χ0v) is 19.5. The second-order valence-electron chi connectivity index (χ2n) is 8.04. The quantitative estimate of drug-likeness (QED) is 0.463. The van der Waals surface area contributed by atoms with Crippen LogP contribution >= 0.6 is 0 Å². The van der Waals surface area contributed by atoms with Crippen molar-refractivity contribution in [1.82, 2.24) is 9.82 Å². The normalized spacial score (nSPS) is 15.7. The molecule has 0 aliphatic carbocycles. The first-order chi connectivity index (χ1) is 16.0. The highest BCUT2D eigenvalue weighted by Crippen LogP contribution is 2.34. The number of rotatable bonds is 8. The largest absolute Gasteiger partial charge is 0.436 e. The van der Waals surface area contributed by atoms with E-state index in [-0.39, 0.29) is 24.7 Å². The molecule has 1 fully saturated rings. The van der Waals surface area contributed by atoms with Crippen molar-refractivity contribution < 1.29 is 35.7 Å². The fourth-order valence-electron chi connectivity index (χ4n) is 3.74. The molecule has 0 radical (unpaired) electrons. The van der Waals surface area contributed by atoms with Crippen molar-refractivity contribution in [2.45, 2.75) is 32.1 Å². The Hall–Kier alpha value is -2.89. The summed E-state index contributed by atoms with van der Waals surface area (Å²) in [6.07, 6.45) is -4.41. The van der Waals surface area contributed by atoms with Crippen LogP contribution in [-0.4, -0.2) is 32.5 Å². The first kappa shape index (κ1) is 24.2. The topological polar surface area (TPSA) is 84.3 Å². The van der Waals surface area contributed by atoms with Crippen LogP contribution in [0.2, 0.25) is 0 Å². The van der Waals surface area contributed by atoms with Crippen molar-refractivity contribution in [2.24, 2.45) is 0 Å². The molecule has 34 heavy (non-hydrogen) atoms.